The lowest BCUT2D eigenvalue weighted by Gasteiger charge is -2.33. The number of nitrogens with one attached hydrogen (secondary N) is 1. The van der Waals surface area contributed by atoms with Gasteiger partial charge < -0.3 is 15.3 Å². The fourth-order valence-electron chi connectivity index (χ4n) is 5.02. The normalized spacial score (nSPS) is 14.8. The van der Waals surface area contributed by atoms with Gasteiger partial charge in [0.15, 0.2) is 0 Å². The second-order valence-electron chi connectivity index (χ2n) is 9.72. The SMILES string of the molecule is O=C(NC1CCCCC1)[C@@H](c1ccc(O)cc1)N(Cc1ccc(F)cc1)C(=O)Cn1nnc2ccccc21. The van der Waals surface area contributed by atoms with E-state index in [1.807, 2.05) is 24.3 Å². The van der Waals surface area contributed by atoms with E-state index in [2.05, 4.69) is 15.6 Å². The molecule has 2 amide bonds. The summed E-state index contributed by atoms with van der Waals surface area (Å²) >= 11 is 0. The maximum atomic E-state index is 13.9. The summed E-state index contributed by atoms with van der Waals surface area (Å²) in [5, 5.41) is 21.3. The van der Waals surface area contributed by atoms with Gasteiger partial charge in [0, 0.05) is 12.6 Å². The fraction of sp³-hybridized carbons (Fsp3) is 0.310. The highest BCUT2D eigenvalue weighted by molar-refractivity contribution is 5.89. The van der Waals surface area contributed by atoms with Gasteiger partial charge >= 0.3 is 0 Å². The first-order valence-electron chi connectivity index (χ1n) is 12.9. The van der Waals surface area contributed by atoms with Gasteiger partial charge in [-0.2, -0.15) is 0 Å². The molecule has 2 N–H and O–H groups in total. The summed E-state index contributed by atoms with van der Waals surface area (Å²) in [6, 6.07) is 18.6. The summed E-state index contributed by atoms with van der Waals surface area (Å²) < 4.78 is 15.2. The number of hydrogen-bond acceptors (Lipinski definition) is 5. The molecule has 1 saturated carbocycles. The molecule has 1 aliphatic carbocycles. The predicted octanol–water partition coefficient (Wildman–Crippen LogP) is 4.50. The van der Waals surface area contributed by atoms with Crippen LogP contribution in [0.2, 0.25) is 0 Å². The first-order valence-corrected chi connectivity index (χ1v) is 12.9. The molecule has 0 saturated heterocycles. The Hall–Kier alpha value is -4.27. The number of aromatic nitrogens is 3. The van der Waals surface area contributed by atoms with E-state index in [4.69, 9.17) is 0 Å². The van der Waals surface area contributed by atoms with Crippen LogP contribution in [0.15, 0.2) is 72.8 Å². The van der Waals surface area contributed by atoms with Crippen LogP contribution in [0.4, 0.5) is 4.39 Å². The zero-order valence-corrected chi connectivity index (χ0v) is 21.0. The summed E-state index contributed by atoms with van der Waals surface area (Å²) in [6.07, 6.45) is 5.03. The van der Waals surface area contributed by atoms with Gasteiger partial charge in [0.25, 0.3) is 0 Å². The van der Waals surface area contributed by atoms with Gasteiger partial charge in [0.05, 0.1) is 5.52 Å². The Morgan fingerprint density at radius 3 is 2.45 bits per heavy atom. The molecule has 0 unspecified atom stereocenters. The summed E-state index contributed by atoms with van der Waals surface area (Å²) in [5.41, 5.74) is 2.61. The monoisotopic (exact) mass is 515 g/mol. The molecular weight excluding hydrogens is 485 g/mol. The van der Waals surface area contributed by atoms with Gasteiger partial charge in [-0.05, 0) is 60.4 Å². The van der Waals surface area contributed by atoms with E-state index in [0.717, 1.165) is 32.1 Å². The molecule has 0 bridgehead atoms. The lowest BCUT2D eigenvalue weighted by atomic mass is 9.94. The fourth-order valence-corrected chi connectivity index (χ4v) is 5.02. The number of phenolic OH excluding ortho intramolecular Hbond substituents is 1. The number of fused-ring (bicyclic) bond motifs is 1. The average molecular weight is 516 g/mol. The highest BCUT2D eigenvalue weighted by atomic mass is 19.1. The first-order chi connectivity index (χ1) is 18.5. The second-order valence-corrected chi connectivity index (χ2v) is 9.72. The third-order valence-corrected chi connectivity index (χ3v) is 7.01. The molecule has 3 aromatic carbocycles. The quantitative estimate of drug-likeness (QED) is 0.360. The molecule has 8 nitrogen and oxygen atoms in total. The molecule has 196 valence electrons. The number of benzene rings is 3. The number of nitrogens with zero attached hydrogens (tertiary/aromatic N) is 4. The van der Waals surface area contributed by atoms with Crippen LogP contribution in [0, 0.1) is 5.82 Å². The molecule has 1 aliphatic rings. The van der Waals surface area contributed by atoms with Crippen LogP contribution in [0.5, 0.6) is 5.75 Å². The van der Waals surface area contributed by atoms with E-state index in [9.17, 15) is 19.1 Å². The van der Waals surface area contributed by atoms with Gasteiger partial charge in [-0.25, -0.2) is 9.07 Å². The number of phenols is 1. The van der Waals surface area contributed by atoms with E-state index in [1.54, 1.807) is 24.3 Å². The molecule has 38 heavy (non-hydrogen) atoms. The van der Waals surface area contributed by atoms with Crippen LogP contribution >= 0.6 is 0 Å². The van der Waals surface area contributed by atoms with Gasteiger partial charge in [-0.15, -0.1) is 5.10 Å². The Balaban J connectivity index is 1.51. The molecule has 4 aromatic rings. The molecule has 1 atom stereocenters. The summed E-state index contributed by atoms with van der Waals surface area (Å²) in [7, 11) is 0. The highest BCUT2D eigenvalue weighted by Gasteiger charge is 2.33. The molecule has 1 aromatic heterocycles. The van der Waals surface area contributed by atoms with Crippen LogP contribution in [0.1, 0.15) is 49.3 Å². The molecular formula is C29H30FN5O3. The van der Waals surface area contributed by atoms with Crippen molar-refractivity contribution in [1.82, 2.24) is 25.2 Å². The van der Waals surface area contributed by atoms with Crippen molar-refractivity contribution in [3.63, 3.8) is 0 Å². The minimum atomic E-state index is -0.968. The minimum absolute atomic E-state index is 0.0397. The number of aromatic hydroxyl groups is 1. The van der Waals surface area contributed by atoms with Crippen LogP contribution in [-0.4, -0.2) is 42.9 Å². The number of halogens is 1. The summed E-state index contributed by atoms with van der Waals surface area (Å²) in [6.45, 7) is -0.0532. The number of carbonyl (C=O) groups excluding carboxylic acids is 2. The van der Waals surface area contributed by atoms with Crippen molar-refractivity contribution in [2.75, 3.05) is 0 Å². The Bertz CT molecular complexity index is 1400. The van der Waals surface area contributed by atoms with Crippen molar-refractivity contribution in [2.24, 2.45) is 0 Å². The van der Waals surface area contributed by atoms with Gasteiger partial charge in [-0.1, -0.05) is 60.9 Å². The minimum Gasteiger partial charge on any atom is -0.508 e. The van der Waals surface area contributed by atoms with E-state index in [1.165, 1.54) is 33.8 Å². The summed E-state index contributed by atoms with van der Waals surface area (Å²) in [4.78, 5) is 29.3. The Morgan fingerprint density at radius 2 is 1.71 bits per heavy atom. The molecule has 5 rings (SSSR count). The van der Waals surface area contributed by atoms with E-state index in [-0.39, 0.29) is 42.5 Å². The number of rotatable bonds is 8. The largest absolute Gasteiger partial charge is 0.508 e. The van der Waals surface area contributed by atoms with Crippen LogP contribution in [0.3, 0.4) is 0 Å². The smallest absolute Gasteiger partial charge is 0.247 e. The topological polar surface area (TPSA) is 100 Å². The van der Waals surface area contributed by atoms with Crippen molar-refractivity contribution in [3.8, 4) is 5.75 Å². The predicted molar refractivity (Wildman–Crippen MR) is 140 cm³/mol. The van der Waals surface area contributed by atoms with Crippen molar-refractivity contribution in [3.05, 3.63) is 89.7 Å². The summed E-state index contributed by atoms with van der Waals surface area (Å²) in [5.74, 6) is -0.958. The molecule has 0 spiro atoms. The third-order valence-electron chi connectivity index (χ3n) is 7.01. The number of hydrogen-bond donors (Lipinski definition) is 2. The molecule has 9 heteroatoms. The van der Waals surface area contributed by atoms with Crippen LogP contribution in [0.25, 0.3) is 11.0 Å². The number of para-hydroxylation sites is 1. The van der Waals surface area contributed by atoms with Gasteiger partial charge in [0.1, 0.15) is 29.7 Å². The van der Waals surface area contributed by atoms with Crippen LogP contribution in [-0.2, 0) is 22.7 Å². The zero-order chi connectivity index (χ0) is 26.5. The molecule has 1 heterocycles. The standard InChI is InChI=1S/C29H30FN5O3/c30-22-14-10-20(11-15-22)18-34(27(37)19-35-26-9-5-4-8-25(26)32-33-35)28(21-12-16-24(36)17-13-21)29(38)31-23-6-2-1-3-7-23/h4-5,8-17,23,28,36H,1-3,6-7,18-19H2,(H,31,38)/t28-/m1/s1. The Morgan fingerprint density at radius 1 is 1.00 bits per heavy atom. The highest BCUT2D eigenvalue weighted by Crippen LogP contribution is 2.28. The van der Waals surface area contributed by atoms with E-state index in [0.29, 0.717) is 22.2 Å². The lowest BCUT2D eigenvalue weighted by Crippen LogP contribution is -2.47. The van der Waals surface area contributed by atoms with E-state index >= 15 is 0 Å². The first kappa shape index (κ1) is 25.4. The number of amides is 2. The molecule has 0 aliphatic heterocycles. The molecule has 0 radical (unpaired) electrons. The average Bonchev–Trinajstić information content (AvgIpc) is 3.33. The van der Waals surface area contributed by atoms with Crippen molar-refractivity contribution in [1.29, 1.82) is 0 Å². The van der Waals surface area contributed by atoms with E-state index < -0.39 is 6.04 Å². The number of carbonyl (C=O) groups is 2. The zero-order valence-electron chi connectivity index (χ0n) is 21.0. The lowest BCUT2D eigenvalue weighted by molar-refractivity contribution is -0.142. The van der Waals surface area contributed by atoms with Crippen molar-refractivity contribution in [2.45, 2.75) is 57.3 Å². The third kappa shape index (κ3) is 5.82. The maximum Gasteiger partial charge on any atom is 0.247 e. The van der Waals surface area contributed by atoms with Crippen molar-refractivity contribution >= 4 is 22.8 Å². The maximum absolute atomic E-state index is 13.9. The molecule has 1 fully saturated rings. The Labute approximate surface area is 220 Å². The van der Waals surface area contributed by atoms with Crippen molar-refractivity contribution < 1.29 is 19.1 Å². The van der Waals surface area contributed by atoms with Crippen LogP contribution < -0.4 is 5.32 Å². The van der Waals surface area contributed by atoms with Gasteiger partial charge in [0.2, 0.25) is 11.8 Å². The Kier molecular flexibility index (Phi) is 7.62. The second kappa shape index (κ2) is 11.4. The van der Waals surface area contributed by atoms with Gasteiger partial charge in [-0.3, -0.25) is 9.59 Å².